The van der Waals surface area contributed by atoms with E-state index in [0.29, 0.717) is 13.0 Å². The Morgan fingerprint density at radius 1 is 0.679 bits per heavy atom. The highest BCUT2D eigenvalue weighted by Crippen LogP contribution is 2.25. The van der Waals surface area contributed by atoms with E-state index in [0.717, 1.165) is 25.7 Å². The van der Waals surface area contributed by atoms with E-state index in [2.05, 4.69) is 13.8 Å². The number of hydrogen-bond donors (Lipinski definition) is 4. The van der Waals surface area contributed by atoms with E-state index in [1.807, 2.05) is 0 Å². The molecular weight excluding hydrogens is 356 g/mol. The SMILES string of the molecule is CCCCCCCCCOCC(O)C(O)(CCCCCCCCC)C(O)CO. The first-order valence-corrected chi connectivity index (χ1v) is 11.8. The molecule has 0 aromatic carbocycles. The fourth-order valence-electron chi connectivity index (χ4n) is 3.58. The average molecular weight is 405 g/mol. The summed E-state index contributed by atoms with van der Waals surface area (Å²) in [4.78, 5) is 0. The molecule has 0 aliphatic carbocycles. The summed E-state index contributed by atoms with van der Waals surface area (Å²) in [6, 6.07) is 0. The average Bonchev–Trinajstić information content (AvgIpc) is 2.70. The van der Waals surface area contributed by atoms with Crippen LogP contribution in [-0.4, -0.2) is 58.1 Å². The van der Waals surface area contributed by atoms with Gasteiger partial charge in [-0.05, 0) is 12.8 Å². The third kappa shape index (κ3) is 13.1. The molecule has 0 spiro atoms. The standard InChI is InChI=1S/C23H48O5/c1-3-5-7-9-11-13-15-17-23(27,21(25)19-24)22(26)20-28-18-16-14-12-10-8-6-4-2/h21-22,24-27H,3-20H2,1-2H3. The summed E-state index contributed by atoms with van der Waals surface area (Å²) in [7, 11) is 0. The van der Waals surface area contributed by atoms with Gasteiger partial charge in [0.05, 0.1) is 13.2 Å². The van der Waals surface area contributed by atoms with Gasteiger partial charge in [0.1, 0.15) is 17.8 Å². The molecule has 3 atom stereocenters. The fraction of sp³-hybridized carbons (Fsp3) is 1.00. The summed E-state index contributed by atoms with van der Waals surface area (Å²) < 4.78 is 5.53. The molecular formula is C23H48O5. The van der Waals surface area contributed by atoms with Crippen molar-refractivity contribution < 1.29 is 25.2 Å². The van der Waals surface area contributed by atoms with Gasteiger partial charge in [0.25, 0.3) is 0 Å². The minimum Gasteiger partial charge on any atom is -0.394 e. The lowest BCUT2D eigenvalue weighted by molar-refractivity contribution is -0.177. The van der Waals surface area contributed by atoms with Crippen LogP contribution < -0.4 is 0 Å². The molecule has 170 valence electrons. The Labute approximate surface area is 173 Å². The Bertz CT molecular complexity index is 326. The second-order valence-corrected chi connectivity index (χ2v) is 8.27. The van der Waals surface area contributed by atoms with Crippen LogP contribution in [0.3, 0.4) is 0 Å². The van der Waals surface area contributed by atoms with Crippen LogP contribution in [0.4, 0.5) is 0 Å². The first-order valence-electron chi connectivity index (χ1n) is 11.8. The van der Waals surface area contributed by atoms with Gasteiger partial charge in [-0.2, -0.15) is 0 Å². The summed E-state index contributed by atoms with van der Waals surface area (Å²) in [6.07, 6.45) is 13.7. The van der Waals surface area contributed by atoms with Crippen LogP contribution in [0.25, 0.3) is 0 Å². The molecule has 0 heterocycles. The Kier molecular flexibility index (Phi) is 18.7. The second kappa shape index (κ2) is 18.8. The van der Waals surface area contributed by atoms with Crippen LogP contribution in [0.1, 0.15) is 110 Å². The Hall–Kier alpha value is -0.200. The number of unbranched alkanes of at least 4 members (excludes halogenated alkanes) is 12. The fourth-order valence-corrected chi connectivity index (χ4v) is 3.58. The largest absolute Gasteiger partial charge is 0.394 e. The van der Waals surface area contributed by atoms with Crippen molar-refractivity contribution in [2.24, 2.45) is 0 Å². The topological polar surface area (TPSA) is 90.2 Å². The van der Waals surface area contributed by atoms with Crippen molar-refractivity contribution in [2.75, 3.05) is 19.8 Å². The molecule has 0 bridgehead atoms. The maximum atomic E-state index is 10.8. The Morgan fingerprint density at radius 2 is 1.14 bits per heavy atom. The highest BCUT2D eigenvalue weighted by molar-refractivity contribution is 4.93. The lowest BCUT2D eigenvalue weighted by Gasteiger charge is -2.36. The molecule has 0 rings (SSSR count). The maximum Gasteiger partial charge on any atom is 0.121 e. The summed E-state index contributed by atoms with van der Waals surface area (Å²) in [6.45, 7) is 4.37. The van der Waals surface area contributed by atoms with Gasteiger partial charge in [0.2, 0.25) is 0 Å². The van der Waals surface area contributed by atoms with E-state index in [9.17, 15) is 20.4 Å². The smallest absolute Gasteiger partial charge is 0.121 e. The lowest BCUT2D eigenvalue weighted by atomic mass is 9.85. The Morgan fingerprint density at radius 3 is 1.64 bits per heavy atom. The monoisotopic (exact) mass is 404 g/mol. The molecule has 28 heavy (non-hydrogen) atoms. The van der Waals surface area contributed by atoms with Gasteiger partial charge in [-0.3, -0.25) is 0 Å². The number of ether oxygens (including phenoxy) is 1. The summed E-state index contributed by atoms with van der Waals surface area (Å²) in [5.74, 6) is 0. The zero-order valence-electron chi connectivity index (χ0n) is 18.6. The van der Waals surface area contributed by atoms with E-state index in [4.69, 9.17) is 4.74 Å². The maximum absolute atomic E-state index is 10.8. The molecule has 0 saturated carbocycles. The number of hydrogen-bond acceptors (Lipinski definition) is 5. The van der Waals surface area contributed by atoms with Crippen molar-refractivity contribution in [1.29, 1.82) is 0 Å². The molecule has 0 radical (unpaired) electrons. The van der Waals surface area contributed by atoms with Crippen molar-refractivity contribution in [2.45, 2.75) is 128 Å². The summed E-state index contributed by atoms with van der Waals surface area (Å²) >= 11 is 0. The summed E-state index contributed by atoms with van der Waals surface area (Å²) in [5.41, 5.74) is -1.71. The lowest BCUT2D eigenvalue weighted by Crippen LogP contribution is -2.55. The minimum absolute atomic E-state index is 0.0140. The predicted molar refractivity (Wildman–Crippen MR) is 115 cm³/mol. The third-order valence-electron chi connectivity index (χ3n) is 5.68. The molecule has 3 unspecified atom stereocenters. The molecule has 0 fully saturated rings. The van der Waals surface area contributed by atoms with Crippen LogP contribution in [0.15, 0.2) is 0 Å². The molecule has 0 aliphatic heterocycles. The molecule has 0 amide bonds. The van der Waals surface area contributed by atoms with Gasteiger partial charge in [-0.15, -0.1) is 0 Å². The predicted octanol–water partition coefficient (Wildman–Crippen LogP) is 4.34. The van der Waals surface area contributed by atoms with Crippen LogP contribution in [0, 0.1) is 0 Å². The highest BCUT2D eigenvalue weighted by Gasteiger charge is 2.41. The van der Waals surface area contributed by atoms with Crippen LogP contribution in [0.2, 0.25) is 0 Å². The van der Waals surface area contributed by atoms with Gasteiger partial charge in [0, 0.05) is 6.61 Å². The van der Waals surface area contributed by atoms with Crippen molar-refractivity contribution in [3.05, 3.63) is 0 Å². The molecule has 0 aromatic rings. The van der Waals surface area contributed by atoms with E-state index in [-0.39, 0.29) is 13.0 Å². The van der Waals surface area contributed by atoms with E-state index < -0.39 is 24.4 Å². The Balaban J connectivity index is 4.04. The van der Waals surface area contributed by atoms with Crippen LogP contribution in [0.5, 0.6) is 0 Å². The first kappa shape index (κ1) is 27.8. The number of rotatable bonds is 21. The van der Waals surface area contributed by atoms with Crippen LogP contribution in [-0.2, 0) is 4.74 Å². The molecule has 4 N–H and O–H groups in total. The van der Waals surface area contributed by atoms with Crippen molar-refractivity contribution in [3.63, 3.8) is 0 Å². The third-order valence-corrected chi connectivity index (χ3v) is 5.68. The van der Waals surface area contributed by atoms with Gasteiger partial charge >= 0.3 is 0 Å². The van der Waals surface area contributed by atoms with Crippen molar-refractivity contribution in [3.8, 4) is 0 Å². The first-order chi connectivity index (χ1) is 13.5. The van der Waals surface area contributed by atoms with Gasteiger partial charge in [-0.25, -0.2) is 0 Å². The van der Waals surface area contributed by atoms with E-state index in [1.54, 1.807) is 0 Å². The normalized spacial score (nSPS) is 16.1. The molecule has 0 aromatic heterocycles. The minimum atomic E-state index is -1.71. The quantitative estimate of drug-likeness (QED) is 0.214. The molecule has 0 saturated heterocycles. The van der Waals surface area contributed by atoms with Gasteiger partial charge < -0.3 is 25.2 Å². The molecule has 0 aliphatic rings. The van der Waals surface area contributed by atoms with Crippen molar-refractivity contribution >= 4 is 0 Å². The second-order valence-electron chi connectivity index (χ2n) is 8.27. The highest BCUT2D eigenvalue weighted by atomic mass is 16.5. The van der Waals surface area contributed by atoms with Gasteiger partial charge in [-0.1, -0.05) is 97.3 Å². The van der Waals surface area contributed by atoms with Crippen LogP contribution >= 0.6 is 0 Å². The summed E-state index contributed by atoms with van der Waals surface area (Å²) in [5, 5.41) is 40.5. The van der Waals surface area contributed by atoms with Gasteiger partial charge in [0.15, 0.2) is 0 Å². The zero-order chi connectivity index (χ0) is 21.1. The van der Waals surface area contributed by atoms with E-state index in [1.165, 1.54) is 57.8 Å². The molecule has 5 nitrogen and oxygen atoms in total. The van der Waals surface area contributed by atoms with E-state index >= 15 is 0 Å². The number of aliphatic hydroxyl groups excluding tert-OH is 3. The zero-order valence-corrected chi connectivity index (χ0v) is 18.6. The number of aliphatic hydroxyl groups is 4. The molecule has 5 heteroatoms. The van der Waals surface area contributed by atoms with Crippen molar-refractivity contribution in [1.82, 2.24) is 0 Å².